The van der Waals surface area contributed by atoms with Crippen LogP contribution in [0, 0.1) is 5.92 Å². The van der Waals surface area contributed by atoms with E-state index in [2.05, 4.69) is 48.2 Å². The van der Waals surface area contributed by atoms with Gasteiger partial charge in [0.05, 0.1) is 7.11 Å². The molecule has 118 valence electrons. The summed E-state index contributed by atoms with van der Waals surface area (Å²) < 4.78 is 5.33. The number of rotatable bonds is 5. The molecule has 0 amide bonds. The highest BCUT2D eigenvalue weighted by molar-refractivity contribution is 5.87. The summed E-state index contributed by atoms with van der Waals surface area (Å²) in [5.74, 6) is 1.81. The highest BCUT2D eigenvalue weighted by Crippen LogP contribution is 2.25. The van der Waals surface area contributed by atoms with Crippen molar-refractivity contribution >= 4 is 10.8 Å². The van der Waals surface area contributed by atoms with E-state index in [-0.39, 0.29) is 0 Å². The third kappa shape index (κ3) is 3.61. The molecule has 3 rings (SSSR count). The van der Waals surface area contributed by atoms with Crippen LogP contribution in [0.4, 0.5) is 0 Å². The molecule has 2 aromatic carbocycles. The Morgan fingerprint density at radius 1 is 1.23 bits per heavy atom. The molecule has 1 aliphatic heterocycles. The van der Waals surface area contributed by atoms with Crippen molar-refractivity contribution in [3.05, 3.63) is 42.0 Å². The van der Waals surface area contributed by atoms with Gasteiger partial charge in [0.15, 0.2) is 0 Å². The van der Waals surface area contributed by atoms with E-state index in [0.717, 1.165) is 18.1 Å². The molecule has 0 spiro atoms. The van der Waals surface area contributed by atoms with Crippen molar-refractivity contribution in [2.24, 2.45) is 5.92 Å². The average Bonchev–Trinajstić information content (AvgIpc) is 2.54. The molecular weight excluding hydrogens is 270 g/mol. The van der Waals surface area contributed by atoms with Crippen LogP contribution in [0.3, 0.4) is 0 Å². The lowest BCUT2D eigenvalue weighted by molar-refractivity contribution is 0.182. The fourth-order valence-electron chi connectivity index (χ4n) is 3.66. The van der Waals surface area contributed by atoms with Crippen LogP contribution in [0.2, 0.25) is 0 Å². The predicted octanol–water partition coefficient (Wildman–Crippen LogP) is 4.51. The summed E-state index contributed by atoms with van der Waals surface area (Å²) >= 11 is 0. The van der Waals surface area contributed by atoms with Gasteiger partial charge in [-0.3, -0.25) is 0 Å². The van der Waals surface area contributed by atoms with Crippen LogP contribution in [0.1, 0.15) is 31.7 Å². The Bertz CT molecular complexity index is 622. The smallest absolute Gasteiger partial charge is 0.119 e. The molecule has 0 aliphatic carbocycles. The fraction of sp³-hybridized carbons (Fsp3) is 0.500. The molecule has 0 saturated carbocycles. The Kier molecular flexibility index (Phi) is 4.99. The van der Waals surface area contributed by atoms with Crippen molar-refractivity contribution in [3.63, 3.8) is 0 Å². The highest BCUT2D eigenvalue weighted by atomic mass is 16.5. The number of hydrogen-bond donors (Lipinski definition) is 0. The van der Waals surface area contributed by atoms with E-state index in [9.17, 15) is 0 Å². The van der Waals surface area contributed by atoms with Gasteiger partial charge in [-0.15, -0.1) is 0 Å². The van der Waals surface area contributed by atoms with Crippen LogP contribution in [-0.2, 0) is 6.42 Å². The number of ether oxygens (including phenoxy) is 1. The Hall–Kier alpha value is -1.54. The van der Waals surface area contributed by atoms with Gasteiger partial charge in [-0.25, -0.2) is 0 Å². The van der Waals surface area contributed by atoms with Gasteiger partial charge >= 0.3 is 0 Å². The van der Waals surface area contributed by atoms with Crippen LogP contribution in [-0.4, -0.2) is 31.6 Å². The molecule has 1 aliphatic rings. The number of benzene rings is 2. The van der Waals surface area contributed by atoms with Gasteiger partial charge in [-0.05, 0) is 73.2 Å². The maximum atomic E-state index is 5.33. The Morgan fingerprint density at radius 2 is 2.14 bits per heavy atom. The zero-order valence-electron chi connectivity index (χ0n) is 13.8. The van der Waals surface area contributed by atoms with Crippen molar-refractivity contribution < 1.29 is 4.74 Å². The number of hydrogen-bond acceptors (Lipinski definition) is 2. The summed E-state index contributed by atoms with van der Waals surface area (Å²) in [6.07, 6.45) is 5.18. The van der Waals surface area contributed by atoms with Gasteiger partial charge in [0.25, 0.3) is 0 Å². The van der Waals surface area contributed by atoms with Gasteiger partial charge in [-0.1, -0.05) is 31.2 Å². The zero-order chi connectivity index (χ0) is 15.4. The number of likely N-dealkylation sites (tertiary alicyclic amines) is 1. The molecule has 1 atom stereocenters. The second-order valence-corrected chi connectivity index (χ2v) is 6.66. The summed E-state index contributed by atoms with van der Waals surface area (Å²) in [5, 5.41) is 2.65. The molecule has 2 aromatic rings. The monoisotopic (exact) mass is 297 g/mol. The van der Waals surface area contributed by atoms with Crippen LogP contribution < -0.4 is 4.74 Å². The minimum absolute atomic E-state index is 0.874. The molecule has 1 saturated heterocycles. The van der Waals surface area contributed by atoms with Gasteiger partial charge in [-0.2, -0.15) is 0 Å². The van der Waals surface area contributed by atoms with Crippen molar-refractivity contribution in [1.82, 2.24) is 4.90 Å². The number of aryl methyl sites for hydroxylation is 1. The SMILES string of the molecule is COc1ccc2c(CCCN3CCC[C@H](C)C3)cccc2c1. The molecule has 1 fully saturated rings. The van der Waals surface area contributed by atoms with E-state index < -0.39 is 0 Å². The first-order valence-corrected chi connectivity index (χ1v) is 8.54. The maximum Gasteiger partial charge on any atom is 0.119 e. The predicted molar refractivity (Wildman–Crippen MR) is 93.7 cm³/mol. The zero-order valence-corrected chi connectivity index (χ0v) is 13.8. The van der Waals surface area contributed by atoms with Crippen LogP contribution in [0.25, 0.3) is 10.8 Å². The lowest BCUT2D eigenvalue weighted by Crippen LogP contribution is -2.35. The molecular formula is C20H27NO. The summed E-state index contributed by atoms with van der Waals surface area (Å²) in [4.78, 5) is 2.64. The van der Waals surface area contributed by atoms with Gasteiger partial charge in [0.2, 0.25) is 0 Å². The van der Waals surface area contributed by atoms with E-state index in [4.69, 9.17) is 4.74 Å². The summed E-state index contributed by atoms with van der Waals surface area (Å²) in [7, 11) is 1.73. The van der Waals surface area contributed by atoms with E-state index in [1.165, 1.54) is 55.2 Å². The van der Waals surface area contributed by atoms with Crippen LogP contribution in [0.15, 0.2) is 36.4 Å². The first-order valence-electron chi connectivity index (χ1n) is 8.54. The molecule has 0 aromatic heterocycles. The van der Waals surface area contributed by atoms with Gasteiger partial charge in [0.1, 0.15) is 5.75 Å². The van der Waals surface area contributed by atoms with Gasteiger partial charge in [0, 0.05) is 6.54 Å². The van der Waals surface area contributed by atoms with E-state index in [0.29, 0.717) is 0 Å². The van der Waals surface area contributed by atoms with Crippen LogP contribution in [0.5, 0.6) is 5.75 Å². The topological polar surface area (TPSA) is 12.5 Å². The quantitative estimate of drug-likeness (QED) is 0.805. The number of fused-ring (bicyclic) bond motifs is 1. The third-order valence-corrected chi connectivity index (χ3v) is 4.84. The van der Waals surface area contributed by atoms with Crippen molar-refractivity contribution in [2.45, 2.75) is 32.6 Å². The summed E-state index contributed by atoms with van der Waals surface area (Å²) in [6.45, 7) is 6.19. The first-order chi connectivity index (χ1) is 10.8. The molecule has 0 N–H and O–H groups in total. The van der Waals surface area contributed by atoms with E-state index in [1.807, 2.05) is 0 Å². The molecule has 0 unspecified atom stereocenters. The molecule has 2 nitrogen and oxygen atoms in total. The maximum absolute atomic E-state index is 5.33. The Labute approximate surface area is 134 Å². The second kappa shape index (κ2) is 7.15. The summed E-state index contributed by atoms with van der Waals surface area (Å²) in [6, 6.07) is 13.0. The third-order valence-electron chi connectivity index (χ3n) is 4.84. The summed E-state index contributed by atoms with van der Waals surface area (Å²) in [5.41, 5.74) is 1.46. The van der Waals surface area contributed by atoms with Crippen molar-refractivity contribution in [3.8, 4) is 5.75 Å². The molecule has 2 heteroatoms. The molecule has 1 heterocycles. The number of nitrogens with zero attached hydrogens (tertiary/aromatic N) is 1. The second-order valence-electron chi connectivity index (χ2n) is 6.66. The normalized spacial score (nSPS) is 19.5. The minimum atomic E-state index is 0.874. The number of piperidine rings is 1. The standard InChI is InChI=1S/C20H27NO/c1-16-6-4-12-21(15-16)13-5-9-17-7-3-8-18-14-19(22-2)10-11-20(17)18/h3,7-8,10-11,14,16H,4-6,9,12-13,15H2,1-2H3/t16-/m0/s1. The Balaban J connectivity index is 1.64. The highest BCUT2D eigenvalue weighted by Gasteiger charge is 2.15. The minimum Gasteiger partial charge on any atom is -0.497 e. The van der Waals surface area contributed by atoms with E-state index in [1.54, 1.807) is 7.11 Å². The van der Waals surface area contributed by atoms with Crippen molar-refractivity contribution in [1.29, 1.82) is 0 Å². The lowest BCUT2D eigenvalue weighted by atomic mass is 9.98. The number of methoxy groups -OCH3 is 1. The molecule has 22 heavy (non-hydrogen) atoms. The average molecular weight is 297 g/mol. The van der Waals surface area contributed by atoms with Crippen molar-refractivity contribution in [2.75, 3.05) is 26.7 Å². The molecule has 0 bridgehead atoms. The first kappa shape index (κ1) is 15.4. The van der Waals surface area contributed by atoms with Gasteiger partial charge < -0.3 is 9.64 Å². The van der Waals surface area contributed by atoms with E-state index >= 15 is 0 Å². The van der Waals surface area contributed by atoms with Crippen LogP contribution >= 0.6 is 0 Å². The largest absolute Gasteiger partial charge is 0.497 e. The Morgan fingerprint density at radius 3 is 2.95 bits per heavy atom. The lowest BCUT2D eigenvalue weighted by Gasteiger charge is -2.30. The fourth-order valence-corrected chi connectivity index (χ4v) is 3.66. The molecule has 0 radical (unpaired) electrons.